The van der Waals surface area contributed by atoms with Gasteiger partial charge in [0.25, 0.3) is 11.6 Å². The number of ether oxygens (including phenoxy) is 1. The van der Waals surface area contributed by atoms with Crippen LogP contribution < -0.4 is 0 Å². The van der Waals surface area contributed by atoms with E-state index in [1.807, 2.05) is 0 Å². The highest BCUT2D eigenvalue weighted by atomic mass is 32.2. The van der Waals surface area contributed by atoms with Crippen molar-refractivity contribution in [2.45, 2.75) is 0 Å². The van der Waals surface area contributed by atoms with Gasteiger partial charge in [-0.3, -0.25) is 19.8 Å². The summed E-state index contributed by atoms with van der Waals surface area (Å²) in [7, 11) is 1.56. The molecule has 134 valence electrons. The molecule has 1 aromatic heterocycles. The molecule has 2 heterocycles. The Morgan fingerprint density at radius 2 is 2.19 bits per heavy atom. The first kappa shape index (κ1) is 18.3. The first-order valence-electron chi connectivity index (χ1n) is 7.58. The van der Waals surface area contributed by atoms with Gasteiger partial charge < -0.3 is 9.15 Å². The number of nitro benzene ring substituents is 1. The molecule has 0 atom stereocenters. The zero-order chi connectivity index (χ0) is 18.7. The Bertz CT molecular complexity index is 906. The zero-order valence-corrected chi connectivity index (χ0v) is 15.3. The van der Waals surface area contributed by atoms with Gasteiger partial charge in [-0.25, -0.2) is 0 Å². The summed E-state index contributed by atoms with van der Waals surface area (Å²) in [4.78, 5) is 24.8. The molecule has 0 spiro atoms. The SMILES string of the molecule is COCCN1C(=O)/C(=C/c2ccc(-c3cccc([N+](=O)[O-])c3)o2)SC1=S. The highest BCUT2D eigenvalue weighted by molar-refractivity contribution is 8.26. The standard InChI is InChI=1S/C17H14N2O5S2/c1-23-8-7-18-16(20)15(26-17(18)25)10-13-5-6-14(24-13)11-3-2-4-12(9-11)19(21)22/h2-6,9-10H,7-8H2,1H3/b15-10-. The fraction of sp³-hybridized carbons (Fsp3) is 0.176. The summed E-state index contributed by atoms with van der Waals surface area (Å²) in [5, 5.41) is 10.9. The molecule has 1 aromatic carbocycles. The molecule has 1 saturated heterocycles. The molecule has 0 saturated carbocycles. The van der Waals surface area contributed by atoms with Gasteiger partial charge in [0.1, 0.15) is 15.8 Å². The van der Waals surface area contributed by atoms with E-state index in [4.69, 9.17) is 21.4 Å². The predicted octanol–water partition coefficient (Wildman–Crippen LogP) is 3.70. The largest absolute Gasteiger partial charge is 0.457 e. The van der Waals surface area contributed by atoms with Gasteiger partial charge in [-0.05, 0) is 12.1 Å². The minimum absolute atomic E-state index is 0.0144. The van der Waals surface area contributed by atoms with Crippen molar-refractivity contribution in [3.63, 3.8) is 0 Å². The van der Waals surface area contributed by atoms with Gasteiger partial charge in [-0.15, -0.1) is 0 Å². The highest BCUT2D eigenvalue weighted by Crippen LogP contribution is 2.33. The lowest BCUT2D eigenvalue weighted by atomic mass is 10.1. The van der Waals surface area contributed by atoms with Crippen molar-refractivity contribution in [3.8, 4) is 11.3 Å². The van der Waals surface area contributed by atoms with E-state index in [0.29, 0.717) is 39.5 Å². The van der Waals surface area contributed by atoms with Crippen LogP contribution in [0.3, 0.4) is 0 Å². The number of nitro groups is 1. The van der Waals surface area contributed by atoms with Crippen LogP contribution in [0.15, 0.2) is 45.7 Å². The second-order valence-corrected chi connectivity index (χ2v) is 7.01. The Kier molecular flexibility index (Phi) is 5.50. The number of non-ortho nitro benzene ring substituents is 1. The van der Waals surface area contributed by atoms with E-state index in [2.05, 4.69) is 0 Å². The maximum Gasteiger partial charge on any atom is 0.270 e. The second-order valence-electron chi connectivity index (χ2n) is 5.34. The smallest absolute Gasteiger partial charge is 0.270 e. The van der Waals surface area contributed by atoms with Crippen molar-refractivity contribution in [1.82, 2.24) is 4.90 Å². The molecular formula is C17H14N2O5S2. The summed E-state index contributed by atoms with van der Waals surface area (Å²) in [5.41, 5.74) is 0.575. The van der Waals surface area contributed by atoms with Crippen LogP contribution in [0.25, 0.3) is 17.4 Å². The lowest BCUT2D eigenvalue weighted by molar-refractivity contribution is -0.384. The van der Waals surface area contributed by atoms with E-state index in [1.54, 1.807) is 37.5 Å². The Labute approximate surface area is 158 Å². The lowest BCUT2D eigenvalue weighted by Crippen LogP contribution is -2.31. The molecule has 1 amide bonds. The first-order valence-corrected chi connectivity index (χ1v) is 8.81. The molecular weight excluding hydrogens is 376 g/mol. The quantitative estimate of drug-likeness (QED) is 0.322. The number of carbonyl (C=O) groups excluding carboxylic acids is 1. The van der Waals surface area contributed by atoms with E-state index >= 15 is 0 Å². The molecule has 26 heavy (non-hydrogen) atoms. The van der Waals surface area contributed by atoms with E-state index in [1.165, 1.54) is 28.8 Å². The van der Waals surface area contributed by atoms with Gasteiger partial charge in [0.2, 0.25) is 0 Å². The number of carbonyl (C=O) groups is 1. The summed E-state index contributed by atoms with van der Waals surface area (Å²) in [6.07, 6.45) is 1.62. The Hall–Kier alpha value is -2.49. The summed E-state index contributed by atoms with van der Waals surface area (Å²) in [6, 6.07) is 9.58. The third kappa shape index (κ3) is 3.85. The number of methoxy groups -OCH3 is 1. The normalized spacial score (nSPS) is 15.9. The summed E-state index contributed by atoms with van der Waals surface area (Å²) >= 11 is 6.42. The molecule has 7 nitrogen and oxygen atoms in total. The van der Waals surface area contributed by atoms with Crippen molar-refractivity contribution in [3.05, 3.63) is 57.2 Å². The van der Waals surface area contributed by atoms with Crippen molar-refractivity contribution in [1.29, 1.82) is 0 Å². The molecule has 1 aliphatic heterocycles. The number of nitrogens with zero attached hydrogens (tertiary/aromatic N) is 2. The minimum Gasteiger partial charge on any atom is -0.457 e. The summed E-state index contributed by atoms with van der Waals surface area (Å²) in [5.74, 6) is 0.763. The van der Waals surface area contributed by atoms with Crippen molar-refractivity contribution in [2.75, 3.05) is 20.3 Å². The minimum atomic E-state index is -0.460. The Morgan fingerprint density at radius 3 is 2.92 bits per heavy atom. The monoisotopic (exact) mass is 390 g/mol. The number of thiocarbonyl (C=S) groups is 1. The van der Waals surface area contributed by atoms with Crippen LogP contribution in [0.5, 0.6) is 0 Å². The van der Waals surface area contributed by atoms with Gasteiger partial charge in [0.15, 0.2) is 0 Å². The molecule has 0 bridgehead atoms. The van der Waals surface area contributed by atoms with Gasteiger partial charge in [-0.1, -0.05) is 36.1 Å². The summed E-state index contributed by atoms with van der Waals surface area (Å²) in [6.45, 7) is 0.799. The van der Waals surface area contributed by atoms with E-state index in [9.17, 15) is 14.9 Å². The average Bonchev–Trinajstić information content (AvgIpc) is 3.19. The second kappa shape index (κ2) is 7.81. The molecule has 9 heteroatoms. The van der Waals surface area contributed by atoms with Crippen LogP contribution in [0.1, 0.15) is 5.76 Å². The third-order valence-electron chi connectivity index (χ3n) is 3.63. The van der Waals surface area contributed by atoms with Crippen molar-refractivity contribution in [2.24, 2.45) is 0 Å². The molecule has 0 unspecified atom stereocenters. The third-order valence-corrected chi connectivity index (χ3v) is 5.01. The predicted molar refractivity (Wildman–Crippen MR) is 103 cm³/mol. The highest BCUT2D eigenvalue weighted by Gasteiger charge is 2.31. The number of furan rings is 1. The van der Waals surface area contributed by atoms with Crippen LogP contribution in [0, 0.1) is 10.1 Å². The van der Waals surface area contributed by atoms with Gasteiger partial charge >= 0.3 is 0 Å². The van der Waals surface area contributed by atoms with Crippen LogP contribution in [-0.4, -0.2) is 40.3 Å². The van der Waals surface area contributed by atoms with Crippen molar-refractivity contribution < 1.29 is 18.9 Å². The van der Waals surface area contributed by atoms with Crippen LogP contribution in [0.2, 0.25) is 0 Å². The molecule has 1 aliphatic rings. The number of amides is 1. The maximum absolute atomic E-state index is 12.4. The fourth-order valence-corrected chi connectivity index (χ4v) is 3.65. The van der Waals surface area contributed by atoms with Crippen molar-refractivity contribution >= 4 is 46.0 Å². The lowest BCUT2D eigenvalue weighted by Gasteiger charge is -2.12. The molecule has 0 radical (unpaired) electrons. The molecule has 0 aliphatic carbocycles. The van der Waals surface area contributed by atoms with E-state index in [-0.39, 0.29) is 11.6 Å². The summed E-state index contributed by atoms with van der Waals surface area (Å²) < 4.78 is 11.2. The fourth-order valence-electron chi connectivity index (χ4n) is 2.36. The average molecular weight is 390 g/mol. The van der Waals surface area contributed by atoms with Crippen LogP contribution >= 0.6 is 24.0 Å². The number of hydrogen-bond acceptors (Lipinski definition) is 7. The number of thioether (sulfide) groups is 1. The maximum atomic E-state index is 12.4. The van der Waals surface area contributed by atoms with Crippen LogP contribution in [-0.2, 0) is 9.53 Å². The van der Waals surface area contributed by atoms with Crippen LogP contribution in [0.4, 0.5) is 5.69 Å². The Morgan fingerprint density at radius 1 is 1.38 bits per heavy atom. The van der Waals surface area contributed by atoms with Gasteiger partial charge in [-0.2, -0.15) is 0 Å². The van der Waals surface area contributed by atoms with Gasteiger partial charge in [0.05, 0.1) is 23.0 Å². The Balaban J connectivity index is 1.81. The molecule has 3 rings (SSSR count). The molecule has 0 N–H and O–H groups in total. The number of benzene rings is 1. The first-order chi connectivity index (χ1) is 12.5. The zero-order valence-electron chi connectivity index (χ0n) is 13.7. The van der Waals surface area contributed by atoms with E-state index in [0.717, 1.165) is 0 Å². The molecule has 2 aromatic rings. The number of rotatable bonds is 6. The topological polar surface area (TPSA) is 85.8 Å². The van der Waals surface area contributed by atoms with E-state index < -0.39 is 4.92 Å². The van der Waals surface area contributed by atoms with Gasteiger partial charge in [0, 0.05) is 30.9 Å². The number of hydrogen-bond donors (Lipinski definition) is 0. The molecule has 1 fully saturated rings.